The molecule has 1 aliphatic rings. The quantitative estimate of drug-likeness (QED) is 0.825. The fourth-order valence-corrected chi connectivity index (χ4v) is 2.45. The van der Waals surface area contributed by atoms with Crippen molar-refractivity contribution in [3.05, 3.63) is 24.3 Å². The van der Waals surface area contributed by atoms with Gasteiger partial charge in [-0.25, -0.2) is 4.79 Å². The van der Waals surface area contributed by atoms with Crippen LogP contribution in [-0.2, 0) is 9.53 Å². The van der Waals surface area contributed by atoms with E-state index in [-0.39, 0.29) is 12.0 Å². The molecule has 25 heavy (non-hydrogen) atoms. The third-order valence-electron chi connectivity index (χ3n) is 4.04. The van der Waals surface area contributed by atoms with E-state index in [1.807, 2.05) is 26.0 Å². The number of urea groups is 1. The molecule has 0 bridgehead atoms. The largest absolute Gasteiger partial charge is 0.491 e. The van der Waals surface area contributed by atoms with Gasteiger partial charge in [-0.05, 0) is 32.4 Å². The first-order valence-electron chi connectivity index (χ1n) is 8.70. The average Bonchev–Trinajstić information content (AvgIpc) is 2.61. The van der Waals surface area contributed by atoms with Crippen molar-refractivity contribution in [1.82, 2.24) is 10.2 Å². The fraction of sp³-hybridized carbons (Fsp3) is 0.556. The van der Waals surface area contributed by atoms with Crippen molar-refractivity contribution in [2.24, 2.45) is 0 Å². The Bertz CT molecular complexity index is 587. The summed E-state index contributed by atoms with van der Waals surface area (Å²) in [7, 11) is 0. The summed E-state index contributed by atoms with van der Waals surface area (Å²) in [5, 5.41) is 5.41. The van der Waals surface area contributed by atoms with Gasteiger partial charge in [0, 0.05) is 24.8 Å². The molecule has 2 atom stereocenters. The number of nitrogens with zero attached hydrogens (tertiary/aromatic N) is 1. The molecule has 1 aromatic carbocycles. The first-order chi connectivity index (χ1) is 12.0. The highest BCUT2D eigenvalue weighted by atomic mass is 16.5. The molecule has 0 aliphatic carbocycles. The van der Waals surface area contributed by atoms with Crippen LogP contribution in [0.5, 0.6) is 5.75 Å². The Morgan fingerprint density at radius 2 is 2.00 bits per heavy atom. The summed E-state index contributed by atoms with van der Waals surface area (Å²) < 4.78 is 11.0. The molecule has 2 rings (SSSR count). The Morgan fingerprint density at radius 1 is 1.28 bits per heavy atom. The highest BCUT2D eigenvalue weighted by Gasteiger charge is 2.23. The maximum atomic E-state index is 12.3. The average molecular weight is 349 g/mol. The lowest BCUT2D eigenvalue weighted by atomic mass is 10.2. The zero-order valence-corrected chi connectivity index (χ0v) is 15.1. The van der Waals surface area contributed by atoms with Crippen molar-refractivity contribution >= 4 is 17.6 Å². The lowest BCUT2D eigenvalue weighted by molar-refractivity contribution is -0.136. The molecule has 0 radical (unpaired) electrons. The number of nitrogens with one attached hydrogen (secondary N) is 2. The molecule has 0 spiro atoms. The first kappa shape index (κ1) is 19.1. The van der Waals surface area contributed by atoms with Crippen LogP contribution in [0.1, 0.15) is 27.2 Å². The lowest BCUT2D eigenvalue weighted by Gasteiger charge is -2.29. The van der Waals surface area contributed by atoms with E-state index in [0.717, 1.165) is 6.42 Å². The second kappa shape index (κ2) is 9.27. The van der Waals surface area contributed by atoms with Gasteiger partial charge in [0.1, 0.15) is 11.8 Å². The van der Waals surface area contributed by atoms with Gasteiger partial charge in [-0.15, -0.1) is 0 Å². The number of anilines is 1. The number of hydrogen-bond donors (Lipinski definition) is 2. The minimum absolute atomic E-state index is 0.104. The molecule has 0 saturated carbocycles. The van der Waals surface area contributed by atoms with E-state index in [9.17, 15) is 9.59 Å². The predicted octanol–water partition coefficient (Wildman–Crippen LogP) is 2.23. The molecule has 1 fully saturated rings. The van der Waals surface area contributed by atoms with Crippen molar-refractivity contribution in [2.45, 2.75) is 39.3 Å². The molecule has 138 valence electrons. The summed E-state index contributed by atoms with van der Waals surface area (Å²) in [5.41, 5.74) is 0.615. The van der Waals surface area contributed by atoms with Crippen LogP contribution in [0.3, 0.4) is 0 Å². The van der Waals surface area contributed by atoms with Crippen LogP contribution >= 0.6 is 0 Å². The van der Waals surface area contributed by atoms with Gasteiger partial charge >= 0.3 is 6.03 Å². The third kappa shape index (κ3) is 5.94. The zero-order chi connectivity index (χ0) is 18.2. The monoisotopic (exact) mass is 349 g/mol. The van der Waals surface area contributed by atoms with Gasteiger partial charge in [-0.3, -0.25) is 4.79 Å². The van der Waals surface area contributed by atoms with Crippen LogP contribution < -0.4 is 15.4 Å². The maximum absolute atomic E-state index is 12.3. The van der Waals surface area contributed by atoms with Crippen LogP contribution in [0.4, 0.5) is 10.5 Å². The number of carbonyl (C=O) groups excluding carboxylic acids is 2. The normalized spacial score (nSPS) is 16.7. The molecule has 2 N–H and O–H groups in total. The number of ether oxygens (including phenoxy) is 2. The highest BCUT2D eigenvalue weighted by molar-refractivity contribution is 5.93. The minimum atomic E-state index is -0.599. The van der Waals surface area contributed by atoms with Crippen LogP contribution in [-0.4, -0.2) is 55.3 Å². The van der Waals surface area contributed by atoms with E-state index >= 15 is 0 Å². The molecule has 3 amide bonds. The number of amides is 3. The molecule has 1 aliphatic heterocycles. The van der Waals surface area contributed by atoms with Crippen LogP contribution in [0.25, 0.3) is 0 Å². The van der Waals surface area contributed by atoms with Gasteiger partial charge in [0.25, 0.3) is 0 Å². The Morgan fingerprint density at radius 3 is 2.68 bits per heavy atom. The fourth-order valence-electron chi connectivity index (χ4n) is 2.45. The Hall–Kier alpha value is -2.28. The van der Waals surface area contributed by atoms with Gasteiger partial charge in [-0.2, -0.15) is 0 Å². The van der Waals surface area contributed by atoms with Gasteiger partial charge in [-0.1, -0.05) is 13.0 Å². The molecule has 0 unspecified atom stereocenters. The van der Waals surface area contributed by atoms with Crippen LogP contribution in [0, 0.1) is 0 Å². The van der Waals surface area contributed by atoms with E-state index in [4.69, 9.17) is 9.47 Å². The number of hydrogen-bond acceptors (Lipinski definition) is 4. The number of carbonyl (C=O) groups is 2. The molecule has 1 saturated heterocycles. The molecule has 0 aromatic heterocycles. The van der Waals surface area contributed by atoms with Crippen molar-refractivity contribution < 1.29 is 19.1 Å². The SMILES string of the molecule is CC[C@@H](C)Oc1cccc(NC(=O)N[C@@H](C)C(=O)N2CCOCC2)c1. The summed E-state index contributed by atoms with van der Waals surface area (Å²) in [6, 6.07) is 6.18. The summed E-state index contributed by atoms with van der Waals surface area (Å²) in [4.78, 5) is 26.1. The number of rotatable bonds is 6. The Kier molecular flexibility index (Phi) is 7.06. The second-order valence-electron chi connectivity index (χ2n) is 6.12. The first-order valence-corrected chi connectivity index (χ1v) is 8.70. The smallest absolute Gasteiger partial charge is 0.319 e. The highest BCUT2D eigenvalue weighted by Crippen LogP contribution is 2.19. The van der Waals surface area contributed by atoms with Crippen molar-refractivity contribution in [3.63, 3.8) is 0 Å². The van der Waals surface area contributed by atoms with E-state index in [1.165, 1.54) is 0 Å². The number of morpholine rings is 1. The third-order valence-corrected chi connectivity index (χ3v) is 4.04. The summed E-state index contributed by atoms with van der Waals surface area (Å²) in [6.45, 7) is 7.91. The molecular weight excluding hydrogens is 322 g/mol. The molecule has 7 nitrogen and oxygen atoms in total. The standard InChI is InChI=1S/C18H27N3O4/c1-4-13(2)25-16-7-5-6-15(12-16)20-18(23)19-14(3)17(22)21-8-10-24-11-9-21/h5-7,12-14H,4,8-11H2,1-3H3,(H2,19,20,23)/t13-,14+/m1/s1. The number of benzene rings is 1. The van der Waals surface area contributed by atoms with E-state index in [1.54, 1.807) is 24.0 Å². The molecule has 1 heterocycles. The van der Waals surface area contributed by atoms with Crippen molar-refractivity contribution in [1.29, 1.82) is 0 Å². The maximum Gasteiger partial charge on any atom is 0.319 e. The minimum Gasteiger partial charge on any atom is -0.491 e. The Balaban J connectivity index is 1.86. The van der Waals surface area contributed by atoms with E-state index in [2.05, 4.69) is 10.6 Å². The predicted molar refractivity (Wildman–Crippen MR) is 95.8 cm³/mol. The van der Waals surface area contributed by atoms with E-state index in [0.29, 0.717) is 37.7 Å². The zero-order valence-electron chi connectivity index (χ0n) is 15.1. The second-order valence-corrected chi connectivity index (χ2v) is 6.12. The summed E-state index contributed by atoms with van der Waals surface area (Å²) in [5.74, 6) is 0.594. The van der Waals surface area contributed by atoms with Crippen molar-refractivity contribution in [3.8, 4) is 5.75 Å². The molecular formula is C18H27N3O4. The summed E-state index contributed by atoms with van der Waals surface area (Å²) in [6.07, 6.45) is 1.01. The van der Waals surface area contributed by atoms with Gasteiger partial charge in [0.05, 0.1) is 19.3 Å². The van der Waals surface area contributed by atoms with E-state index < -0.39 is 12.1 Å². The molecule has 7 heteroatoms. The van der Waals surface area contributed by atoms with Crippen molar-refractivity contribution in [2.75, 3.05) is 31.6 Å². The Labute approximate surface area is 148 Å². The van der Waals surface area contributed by atoms with Gasteiger partial charge in [0.2, 0.25) is 5.91 Å². The van der Waals surface area contributed by atoms with Crippen LogP contribution in [0.2, 0.25) is 0 Å². The van der Waals surface area contributed by atoms with Crippen LogP contribution in [0.15, 0.2) is 24.3 Å². The van der Waals surface area contributed by atoms with Gasteiger partial charge < -0.3 is 25.0 Å². The lowest BCUT2D eigenvalue weighted by Crippen LogP contribution is -2.51. The molecule has 1 aromatic rings. The summed E-state index contributed by atoms with van der Waals surface area (Å²) >= 11 is 0. The topological polar surface area (TPSA) is 79.9 Å². The van der Waals surface area contributed by atoms with Gasteiger partial charge in [0.15, 0.2) is 0 Å².